The van der Waals surface area contributed by atoms with Crippen LogP contribution in [0.25, 0.3) is 10.4 Å². The predicted molar refractivity (Wildman–Crippen MR) is 51.2 cm³/mol. The lowest BCUT2D eigenvalue weighted by atomic mass is 10.0. The summed E-state index contributed by atoms with van der Waals surface area (Å²) in [6.45, 7) is 4.57. The molecule has 0 N–H and O–H groups in total. The summed E-state index contributed by atoms with van der Waals surface area (Å²) in [7, 11) is 0. The summed E-state index contributed by atoms with van der Waals surface area (Å²) in [6, 6.07) is 3.95. The van der Waals surface area contributed by atoms with Gasteiger partial charge in [-0.1, -0.05) is 19.0 Å². The van der Waals surface area contributed by atoms with Crippen LogP contribution in [0.15, 0.2) is 23.4 Å². The molecule has 0 aromatic carbocycles. The van der Waals surface area contributed by atoms with Gasteiger partial charge in [-0.15, -0.1) is 0 Å². The largest absolute Gasteiger partial charge is 0.261 e. The minimum absolute atomic E-state index is 0.330. The fraction of sp³-hybridized carbons (Fsp3) is 0.444. The molecule has 0 bridgehead atoms. The summed E-state index contributed by atoms with van der Waals surface area (Å²) >= 11 is 0. The second-order valence-corrected chi connectivity index (χ2v) is 3.12. The Morgan fingerprint density at radius 3 is 3.00 bits per heavy atom. The first-order chi connectivity index (χ1) is 6.24. The lowest BCUT2D eigenvalue weighted by Crippen LogP contribution is -1.92. The Kier molecular flexibility index (Phi) is 3.29. The van der Waals surface area contributed by atoms with Crippen LogP contribution in [0.4, 0.5) is 0 Å². The van der Waals surface area contributed by atoms with Gasteiger partial charge < -0.3 is 0 Å². The number of aromatic nitrogens is 1. The van der Waals surface area contributed by atoms with E-state index in [1.54, 1.807) is 6.20 Å². The highest BCUT2D eigenvalue weighted by molar-refractivity contribution is 5.19. The average Bonchev–Trinajstić information content (AvgIpc) is 2.15. The third kappa shape index (κ3) is 2.76. The van der Waals surface area contributed by atoms with Gasteiger partial charge in [0.1, 0.15) is 0 Å². The molecular formula is C9H12N4. The molecule has 4 nitrogen and oxygen atoms in total. The Labute approximate surface area is 77.2 Å². The Morgan fingerprint density at radius 1 is 1.62 bits per heavy atom. The van der Waals surface area contributed by atoms with E-state index in [4.69, 9.17) is 5.53 Å². The SMILES string of the molecule is CC(C)c1ccnc(CN=[N+]=[N-])c1. The van der Waals surface area contributed by atoms with E-state index in [-0.39, 0.29) is 0 Å². The van der Waals surface area contributed by atoms with Crippen molar-refractivity contribution in [2.45, 2.75) is 26.3 Å². The minimum atomic E-state index is 0.330. The van der Waals surface area contributed by atoms with Gasteiger partial charge in [-0.2, -0.15) is 0 Å². The Balaban J connectivity index is 2.85. The highest BCUT2D eigenvalue weighted by Crippen LogP contribution is 2.14. The Bertz CT molecular complexity index is 326. The quantitative estimate of drug-likeness (QED) is 0.396. The first-order valence-corrected chi connectivity index (χ1v) is 4.19. The van der Waals surface area contributed by atoms with Gasteiger partial charge in [0.25, 0.3) is 0 Å². The first-order valence-electron chi connectivity index (χ1n) is 4.19. The van der Waals surface area contributed by atoms with Crippen LogP contribution in [-0.4, -0.2) is 4.98 Å². The van der Waals surface area contributed by atoms with Crippen molar-refractivity contribution in [1.29, 1.82) is 0 Å². The summed E-state index contributed by atoms with van der Waals surface area (Å²) in [5, 5.41) is 3.46. The van der Waals surface area contributed by atoms with Crippen molar-refractivity contribution in [3.63, 3.8) is 0 Å². The molecule has 4 heteroatoms. The monoisotopic (exact) mass is 176 g/mol. The molecule has 0 aliphatic carbocycles. The molecule has 0 unspecified atom stereocenters. The fourth-order valence-electron chi connectivity index (χ4n) is 1.05. The smallest absolute Gasteiger partial charge is 0.0684 e. The van der Waals surface area contributed by atoms with Crippen molar-refractivity contribution in [1.82, 2.24) is 4.98 Å². The lowest BCUT2D eigenvalue weighted by Gasteiger charge is -2.05. The first kappa shape index (κ1) is 9.55. The molecule has 0 atom stereocenters. The van der Waals surface area contributed by atoms with E-state index in [9.17, 15) is 0 Å². The number of azide groups is 1. The van der Waals surface area contributed by atoms with Crippen LogP contribution in [0, 0.1) is 0 Å². The Hall–Kier alpha value is -1.54. The van der Waals surface area contributed by atoms with Crippen LogP contribution in [-0.2, 0) is 6.54 Å². The molecule has 0 fully saturated rings. The van der Waals surface area contributed by atoms with Gasteiger partial charge in [0.2, 0.25) is 0 Å². The molecule has 0 radical (unpaired) electrons. The summed E-state index contributed by atoms with van der Waals surface area (Å²) in [6.07, 6.45) is 1.75. The third-order valence-electron chi connectivity index (χ3n) is 1.80. The van der Waals surface area contributed by atoms with E-state index >= 15 is 0 Å². The van der Waals surface area contributed by atoms with Crippen molar-refractivity contribution in [2.24, 2.45) is 5.11 Å². The van der Waals surface area contributed by atoms with E-state index in [1.807, 2.05) is 12.1 Å². The zero-order valence-electron chi connectivity index (χ0n) is 7.81. The van der Waals surface area contributed by atoms with Crippen molar-refractivity contribution in [2.75, 3.05) is 0 Å². The maximum absolute atomic E-state index is 8.14. The van der Waals surface area contributed by atoms with Crippen molar-refractivity contribution in [3.8, 4) is 0 Å². The standard InChI is InChI=1S/C9H12N4/c1-7(2)8-3-4-11-9(5-8)6-12-13-10/h3-5,7H,6H2,1-2H3. The van der Waals surface area contributed by atoms with Gasteiger partial charge in [-0.25, -0.2) is 0 Å². The minimum Gasteiger partial charge on any atom is -0.261 e. The molecule has 0 saturated heterocycles. The van der Waals surface area contributed by atoms with Crippen LogP contribution in [0.2, 0.25) is 0 Å². The van der Waals surface area contributed by atoms with Crippen LogP contribution < -0.4 is 0 Å². The number of hydrogen-bond acceptors (Lipinski definition) is 2. The second-order valence-electron chi connectivity index (χ2n) is 3.12. The van der Waals surface area contributed by atoms with Gasteiger partial charge in [-0.3, -0.25) is 4.98 Å². The molecule has 13 heavy (non-hydrogen) atoms. The molecule has 0 saturated carbocycles. The van der Waals surface area contributed by atoms with Crippen LogP contribution in [0.5, 0.6) is 0 Å². The molecule has 1 heterocycles. The van der Waals surface area contributed by atoms with Crippen molar-refractivity contribution < 1.29 is 0 Å². The molecule has 1 aromatic heterocycles. The lowest BCUT2D eigenvalue weighted by molar-refractivity contribution is 0.850. The number of nitrogens with zero attached hydrogens (tertiary/aromatic N) is 4. The van der Waals surface area contributed by atoms with E-state index in [0.29, 0.717) is 12.5 Å². The maximum Gasteiger partial charge on any atom is 0.0684 e. The number of rotatable bonds is 3. The summed E-state index contributed by atoms with van der Waals surface area (Å²) in [5.41, 5.74) is 10.2. The molecule has 68 valence electrons. The maximum atomic E-state index is 8.14. The second kappa shape index (κ2) is 4.48. The van der Waals surface area contributed by atoms with Crippen LogP contribution in [0.1, 0.15) is 31.0 Å². The predicted octanol–water partition coefficient (Wildman–Crippen LogP) is 3.02. The average molecular weight is 176 g/mol. The van der Waals surface area contributed by atoms with E-state index in [2.05, 4.69) is 28.9 Å². The fourth-order valence-corrected chi connectivity index (χ4v) is 1.05. The van der Waals surface area contributed by atoms with Gasteiger partial charge in [-0.05, 0) is 29.1 Å². The normalized spacial score (nSPS) is 9.77. The summed E-state index contributed by atoms with van der Waals surface area (Å²) < 4.78 is 0. The highest BCUT2D eigenvalue weighted by Gasteiger charge is 1.99. The molecule has 0 spiro atoms. The van der Waals surface area contributed by atoms with Crippen LogP contribution >= 0.6 is 0 Å². The zero-order chi connectivity index (χ0) is 9.68. The van der Waals surface area contributed by atoms with E-state index in [0.717, 1.165) is 5.69 Å². The van der Waals surface area contributed by atoms with Gasteiger partial charge >= 0.3 is 0 Å². The number of pyridine rings is 1. The molecular weight excluding hydrogens is 164 g/mol. The molecule has 0 aliphatic rings. The number of hydrogen-bond donors (Lipinski definition) is 0. The van der Waals surface area contributed by atoms with Crippen LogP contribution in [0.3, 0.4) is 0 Å². The molecule has 1 aromatic rings. The van der Waals surface area contributed by atoms with E-state index in [1.165, 1.54) is 5.56 Å². The zero-order valence-corrected chi connectivity index (χ0v) is 7.81. The molecule has 1 rings (SSSR count). The summed E-state index contributed by atoms with van der Waals surface area (Å²) in [4.78, 5) is 6.78. The third-order valence-corrected chi connectivity index (χ3v) is 1.80. The summed E-state index contributed by atoms with van der Waals surface area (Å²) in [5.74, 6) is 0.479. The van der Waals surface area contributed by atoms with Gasteiger partial charge in [0.05, 0.1) is 6.54 Å². The Morgan fingerprint density at radius 2 is 2.38 bits per heavy atom. The molecule has 0 amide bonds. The highest BCUT2D eigenvalue weighted by atomic mass is 15.1. The molecule has 0 aliphatic heterocycles. The van der Waals surface area contributed by atoms with Crippen molar-refractivity contribution >= 4 is 0 Å². The van der Waals surface area contributed by atoms with E-state index < -0.39 is 0 Å². The van der Waals surface area contributed by atoms with Crippen molar-refractivity contribution in [3.05, 3.63) is 40.0 Å². The topological polar surface area (TPSA) is 61.7 Å². The van der Waals surface area contributed by atoms with Gasteiger partial charge in [0.15, 0.2) is 0 Å². The van der Waals surface area contributed by atoms with Gasteiger partial charge in [0, 0.05) is 16.8 Å².